The third kappa shape index (κ3) is 6.38. The molecule has 0 saturated heterocycles. The van der Waals surface area contributed by atoms with Gasteiger partial charge in [0.25, 0.3) is 0 Å². The van der Waals surface area contributed by atoms with Gasteiger partial charge in [-0.2, -0.15) is 0 Å². The summed E-state index contributed by atoms with van der Waals surface area (Å²) in [5, 5.41) is 10.8. The molecule has 0 rings (SSSR count). The molecule has 0 spiro atoms. The van der Waals surface area contributed by atoms with Crippen LogP contribution in [0.5, 0.6) is 0 Å². The predicted octanol–water partition coefficient (Wildman–Crippen LogP) is -0.414. The topological polar surface area (TPSA) is 84.9 Å². The van der Waals surface area contributed by atoms with Crippen molar-refractivity contribution in [1.82, 2.24) is 5.32 Å². The van der Waals surface area contributed by atoms with Gasteiger partial charge < -0.3 is 19.9 Å². The molecule has 0 aliphatic carbocycles. The van der Waals surface area contributed by atoms with Crippen molar-refractivity contribution in [1.29, 1.82) is 0 Å². The molecule has 0 unspecified atom stereocenters. The number of carboxylic acid groups (broad SMARTS) is 1. The molecule has 1 amide bonds. The first-order valence-corrected chi connectivity index (χ1v) is 4.14. The highest BCUT2D eigenvalue weighted by atomic mass is 16.7. The molecule has 0 aromatic heterocycles. The number of methoxy groups -OCH3 is 2. The first-order valence-electron chi connectivity index (χ1n) is 4.14. The molecule has 14 heavy (non-hydrogen) atoms. The zero-order chi connectivity index (χ0) is 11.0. The van der Waals surface area contributed by atoms with Crippen LogP contribution in [0.2, 0.25) is 0 Å². The van der Waals surface area contributed by atoms with Gasteiger partial charge in [-0.05, 0) is 0 Å². The molecule has 0 saturated carbocycles. The van der Waals surface area contributed by atoms with Crippen molar-refractivity contribution in [2.45, 2.75) is 19.1 Å². The van der Waals surface area contributed by atoms with Crippen molar-refractivity contribution in [2.75, 3.05) is 20.8 Å². The van der Waals surface area contributed by atoms with E-state index in [1.165, 1.54) is 14.2 Å². The lowest BCUT2D eigenvalue weighted by Crippen LogP contribution is -2.34. The Bertz CT molecular complexity index is 190. The number of hydrogen-bond acceptors (Lipinski definition) is 4. The number of amides is 1. The van der Waals surface area contributed by atoms with Gasteiger partial charge in [0.2, 0.25) is 5.91 Å². The summed E-state index contributed by atoms with van der Waals surface area (Å²) in [7, 11) is 2.91. The van der Waals surface area contributed by atoms with Gasteiger partial charge in [0.15, 0.2) is 6.29 Å². The quantitative estimate of drug-likeness (QED) is 0.552. The van der Waals surface area contributed by atoms with Crippen LogP contribution in [0.4, 0.5) is 0 Å². The summed E-state index contributed by atoms with van der Waals surface area (Å²) in [5.74, 6) is -1.32. The molecule has 0 aromatic carbocycles. The van der Waals surface area contributed by atoms with Crippen LogP contribution in [0.25, 0.3) is 0 Å². The molecule has 0 atom stereocenters. The fourth-order valence-electron chi connectivity index (χ4n) is 0.769. The van der Waals surface area contributed by atoms with Gasteiger partial charge in [0.05, 0.1) is 13.0 Å². The van der Waals surface area contributed by atoms with Gasteiger partial charge in [-0.15, -0.1) is 0 Å². The molecule has 0 aliphatic rings. The third-order valence-corrected chi connectivity index (χ3v) is 1.56. The number of aliphatic carboxylic acids is 1. The Morgan fingerprint density at radius 2 is 1.86 bits per heavy atom. The molecule has 0 radical (unpaired) electrons. The van der Waals surface area contributed by atoms with Crippen molar-refractivity contribution in [3.05, 3.63) is 0 Å². The summed E-state index contributed by atoms with van der Waals surface area (Å²) in [4.78, 5) is 21.1. The third-order valence-electron chi connectivity index (χ3n) is 1.56. The Labute approximate surface area is 82.2 Å². The molecule has 0 aromatic rings. The normalized spacial score (nSPS) is 10.2. The standard InChI is InChI=1S/C8H15NO5/c1-13-8(14-2)5-9-6(10)3-4-7(11)12/h8H,3-5H2,1-2H3,(H,9,10)(H,11,12). The van der Waals surface area contributed by atoms with Gasteiger partial charge in [-0.25, -0.2) is 0 Å². The second-order valence-corrected chi connectivity index (χ2v) is 2.60. The Kier molecular flexibility index (Phi) is 6.69. The number of carboxylic acids is 1. The van der Waals surface area contributed by atoms with E-state index in [2.05, 4.69) is 5.32 Å². The van der Waals surface area contributed by atoms with E-state index >= 15 is 0 Å². The average Bonchev–Trinajstić information content (AvgIpc) is 2.16. The van der Waals surface area contributed by atoms with E-state index in [4.69, 9.17) is 14.6 Å². The van der Waals surface area contributed by atoms with Crippen molar-refractivity contribution in [3.63, 3.8) is 0 Å². The maximum absolute atomic E-state index is 11.0. The summed E-state index contributed by atoms with van der Waals surface area (Å²) >= 11 is 0. The fourth-order valence-corrected chi connectivity index (χ4v) is 0.769. The molecule has 82 valence electrons. The molecule has 0 fully saturated rings. The van der Waals surface area contributed by atoms with Crippen LogP contribution in [0.1, 0.15) is 12.8 Å². The highest BCUT2D eigenvalue weighted by Gasteiger charge is 2.08. The number of nitrogens with one attached hydrogen (secondary N) is 1. The smallest absolute Gasteiger partial charge is 0.303 e. The molecule has 6 heteroatoms. The molecular formula is C8H15NO5. The van der Waals surface area contributed by atoms with E-state index < -0.39 is 12.3 Å². The predicted molar refractivity (Wildman–Crippen MR) is 47.7 cm³/mol. The van der Waals surface area contributed by atoms with Crippen molar-refractivity contribution >= 4 is 11.9 Å². The zero-order valence-corrected chi connectivity index (χ0v) is 8.28. The molecular weight excluding hydrogens is 190 g/mol. The van der Waals surface area contributed by atoms with Crippen molar-refractivity contribution < 1.29 is 24.2 Å². The largest absolute Gasteiger partial charge is 0.481 e. The summed E-state index contributed by atoms with van der Waals surface area (Å²) in [6.45, 7) is 0.214. The lowest BCUT2D eigenvalue weighted by molar-refractivity contribution is -0.139. The van der Waals surface area contributed by atoms with Crippen LogP contribution in [0.15, 0.2) is 0 Å². The molecule has 0 heterocycles. The Hall–Kier alpha value is -1.14. The van der Waals surface area contributed by atoms with Gasteiger partial charge in [-0.3, -0.25) is 9.59 Å². The van der Waals surface area contributed by atoms with Gasteiger partial charge >= 0.3 is 5.97 Å². The van der Waals surface area contributed by atoms with Gasteiger partial charge in [0.1, 0.15) is 0 Å². The summed E-state index contributed by atoms with van der Waals surface area (Å²) in [5.41, 5.74) is 0. The van der Waals surface area contributed by atoms with E-state index in [0.717, 1.165) is 0 Å². The van der Waals surface area contributed by atoms with E-state index in [1.807, 2.05) is 0 Å². The number of rotatable bonds is 7. The Morgan fingerprint density at radius 3 is 2.29 bits per heavy atom. The summed E-state index contributed by atoms with van der Waals surface area (Å²) in [6, 6.07) is 0. The first-order chi connectivity index (χ1) is 6.60. The van der Waals surface area contributed by atoms with Crippen LogP contribution < -0.4 is 5.32 Å². The Morgan fingerprint density at radius 1 is 1.29 bits per heavy atom. The van der Waals surface area contributed by atoms with Gasteiger partial charge in [0, 0.05) is 20.6 Å². The summed E-state index contributed by atoms with van der Waals surface area (Å²) in [6.07, 6.45) is -0.699. The van der Waals surface area contributed by atoms with Crippen molar-refractivity contribution in [3.8, 4) is 0 Å². The lowest BCUT2D eigenvalue weighted by atomic mass is 10.3. The number of ether oxygens (including phenoxy) is 2. The SMILES string of the molecule is COC(CNC(=O)CCC(=O)O)OC. The van der Waals surface area contributed by atoms with Crippen LogP contribution in [0, 0.1) is 0 Å². The fraction of sp³-hybridized carbons (Fsp3) is 0.750. The van der Waals surface area contributed by atoms with E-state index in [9.17, 15) is 9.59 Å². The molecule has 2 N–H and O–H groups in total. The van der Waals surface area contributed by atoms with Crippen LogP contribution in [0.3, 0.4) is 0 Å². The lowest BCUT2D eigenvalue weighted by Gasteiger charge is -2.13. The molecule has 0 bridgehead atoms. The minimum absolute atomic E-state index is 0.0323. The maximum Gasteiger partial charge on any atom is 0.303 e. The monoisotopic (exact) mass is 205 g/mol. The minimum Gasteiger partial charge on any atom is -0.481 e. The second kappa shape index (κ2) is 7.28. The van der Waals surface area contributed by atoms with E-state index in [0.29, 0.717) is 0 Å². The number of carbonyl (C=O) groups is 2. The number of carbonyl (C=O) groups excluding carboxylic acids is 1. The summed E-state index contributed by atoms with van der Waals surface area (Å²) < 4.78 is 9.64. The highest BCUT2D eigenvalue weighted by Crippen LogP contribution is 1.91. The second-order valence-electron chi connectivity index (χ2n) is 2.60. The molecule has 6 nitrogen and oxygen atoms in total. The van der Waals surface area contributed by atoms with Crippen LogP contribution >= 0.6 is 0 Å². The van der Waals surface area contributed by atoms with Crippen LogP contribution in [-0.4, -0.2) is 44.0 Å². The van der Waals surface area contributed by atoms with Crippen molar-refractivity contribution in [2.24, 2.45) is 0 Å². The van der Waals surface area contributed by atoms with E-state index in [1.54, 1.807) is 0 Å². The first kappa shape index (κ1) is 12.9. The average molecular weight is 205 g/mol. The molecule has 0 aliphatic heterocycles. The number of hydrogen-bond donors (Lipinski definition) is 2. The zero-order valence-electron chi connectivity index (χ0n) is 8.28. The highest BCUT2D eigenvalue weighted by molar-refractivity contribution is 5.80. The van der Waals surface area contributed by atoms with E-state index in [-0.39, 0.29) is 25.3 Å². The van der Waals surface area contributed by atoms with Gasteiger partial charge in [-0.1, -0.05) is 0 Å². The maximum atomic E-state index is 11.0. The minimum atomic E-state index is -0.991. The Balaban J connectivity index is 3.57. The van der Waals surface area contributed by atoms with Crippen LogP contribution in [-0.2, 0) is 19.1 Å².